The van der Waals surface area contributed by atoms with Gasteiger partial charge in [0.05, 0.1) is 11.0 Å². The number of nitro groups is 1. The molecule has 1 saturated heterocycles. The molecular formula is C14H20N4O3. The van der Waals surface area contributed by atoms with Crippen LogP contribution >= 0.6 is 0 Å². The smallest absolute Gasteiger partial charge is 0.287 e. The molecule has 1 aromatic rings. The molecule has 1 aliphatic heterocycles. The fraction of sp³-hybridized carbons (Fsp3) is 0.571. The number of likely N-dealkylation sites (tertiary alicyclic amines) is 1. The molecule has 114 valence electrons. The minimum atomic E-state index is -0.468. The first-order chi connectivity index (χ1) is 9.68. The van der Waals surface area contributed by atoms with Crippen LogP contribution in [0.1, 0.15) is 32.8 Å². The molecule has 0 bridgehead atoms. The lowest BCUT2D eigenvalue weighted by Gasteiger charge is -2.32. The normalized spacial score (nSPS) is 19.0. The van der Waals surface area contributed by atoms with Crippen LogP contribution in [0.2, 0.25) is 0 Å². The van der Waals surface area contributed by atoms with E-state index in [0.717, 1.165) is 0 Å². The van der Waals surface area contributed by atoms with Crippen molar-refractivity contribution in [1.29, 1.82) is 0 Å². The third-order valence-corrected chi connectivity index (χ3v) is 3.55. The summed E-state index contributed by atoms with van der Waals surface area (Å²) in [5.74, 6) is 0.703. The Labute approximate surface area is 123 Å². The summed E-state index contributed by atoms with van der Waals surface area (Å²) >= 11 is 0. The lowest BCUT2D eigenvalue weighted by Crippen LogP contribution is -2.43. The van der Waals surface area contributed by atoms with Gasteiger partial charge in [-0.05, 0) is 33.3 Å². The van der Waals surface area contributed by atoms with E-state index in [-0.39, 0.29) is 23.2 Å². The van der Waals surface area contributed by atoms with Crippen LogP contribution in [0.5, 0.6) is 0 Å². The van der Waals surface area contributed by atoms with Crippen LogP contribution in [-0.2, 0) is 4.79 Å². The van der Waals surface area contributed by atoms with Gasteiger partial charge in [0.25, 0.3) is 5.69 Å². The Hall–Kier alpha value is -2.18. The van der Waals surface area contributed by atoms with Crippen molar-refractivity contribution in [3.8, 4) is 0 Å². The molecule has 1 unspecified atom stereocenters. The van der Waals surface area contributed by atoms with E-state index in [2.05, 4.69) is 10.3 Å². The molecule has 1 amide bonds. The zero-order chi connectivity index (χ0) is 15.8. The Morgan fingerprint density at radius 3 is 2.62 bits per heavy atom. The van der Waals surface area contributed by atoms with Gasteiger partial charge in [0.1, 0.15) is 12.0 Å². The molecule has 21 heavy (non-hydrogen) atoms. The highest BCUT2D eigenvalue weighted by atomic mass is 16.6. The molecule has 1 aromatic heterocycles. The molecule has 7 nitrogen and oxygen atoms in total. The van der Waals surface area contributed by atoms with Gasteiger partial charge in [0.2, 0.25) is 5.91 Å². The molecule has 1 aliphatic rings. The number of hydrogen-bond donors (Lipinski definition) is 1. The van der Waals surface area contributed by atoms with E-state index in [9.17, 15) is 14.9 Å². The van der Waals surface area contributed by atoms with Gasteiger partial charge >= 0.3 is 0 Å². The quantitative estimate of drug-likeness (QED) is 0.681. The SMILES string of the molecule is Cc1cc([N+](=O)[O-])cnc1NC1CC(=O)N(C(C)(C)C)C1. The third-order valence-electron chi connectivity index (χ3n) is 3.55. The average molecular weight is 292 g/mol. The van der Waals surface area contributed by atoms with Crippen molar-refractivity contribution in [2.45, 2.75) is 45.7 Å². The summed E-state index contributed by atoms with van der Waals surface area (Å²) < 4.78 is 0. The fourth-order valence-corrected chi connectivity index (χ4v) is 2.46. The van der Waals surface area contributed by atoms with Gasteiger partial charge in [-0.15, -0.1) is 0 Å². The first-order valence-electron chi connectivity index (χ1n) is 6.86. The number of rotatable bonds is 3. The highest BCUT2D eigenvalue weighted by Crippen LogP contribution is 2.25. The van der Waals surface area contributed by atoms with Crippen LogP contribution in [0.15, 0.2) is 12.3 Å². The van der Waals surface area contributed by atoms with Crippen LogP contribution in [0, 0.1) is 17.0 Å². The molecule has 2 heterocycles. The highest BCUT2D eigenvalue weighted by molar-refractivity contribution is 5.80. The predicted octanol–water partition coefficient (Wildman–Crippen LogP) is 2.11. The van der Waals surface area contributed by atoms with Gasteiger partial charge in [-0.1, -0.05) is 0 Å². The van der Waals surface area contributed by atoms with E-state index < -0.39 is 4.92 Å². The van der Waals surface area contributed by atoms with E-state index in [1.165, 1.54) is 12.3 Å². The zero-order valence-corrected chi connectivity index (χ0v) is 12.7. The van der Waals surface area contributed by atoms with Crippen molar-refractivity contribution in [3.63, 3.8) is 0 Å². The second-order valence-electron chi connectivity index (χ2n) is 6.34. The Morgan fingerprint density at radius 1 is 1.48 bits per heavy atom. The molecule has 0 aromatic carbocycles. The van der Waals surface area contributed by atoms with Gasteiger partial charge in [0, 0.05) is 24.6 Å². The van der Waals surface area contributed by atoms with E-state index in [0.29, 0.717) is 24.3 Å². The fourth-order valence-electron chi connectivity index (χ4n) is 2.46. The number of nitrogens with one attached hydrogen (secondary N) is 1. The molecule has 7 heteroatoms. The second-order valence-corrected chi connectivity index (χ2v) is 6.34. The summed E-state index contributed by atoms with van der Waals surface area (Å²) in [5.41, 5.74) is 0.466. The Morgan fingerprint density at radius 2 is 2.14 bits per heavy atom. The monoisotopic (exact) mass is 292 g/mol. The van der Waals surface area contributed by atoms with Crippen molar-refractivity contribution >= 4 is 17.4 Å². The number of anilines is 1. The predicted molar refractivity (Wildman–Crippen MR) is 79.1 cm³/mol. The van der Waals surface area contributed by atoms with Gasteiger partial charge in [-0.3, -0.25) is 14.9 Å². The minimum Gasteiger partial charge on any atom is -0.365 e. The minimum absolute atomic E-state index is 0.0237. The van der Waals surface area contributed by atoms with Crippen LogP contribution in [0.4, 0.5) is 11.5 Å². The van der Waals surface area contributed by atoms with Crippen LogP contribution in [0.3, 0.4) is 0 Å². The van der Waals surface area contributed by atoms with Crippen LogP contribution in [-0.4, -0.2) is 38.8 Å². The summed E-state index contributed by atoms with van der Waals surface area (Å²) in [6.07, 6.45) is 1.64. The van der Waals surface area contributed by atoms with Gasteiger partial charge in [0.15, 0.2) is 0 Å². The average Bonchev–Trinajstić information content (AvgIpc) is 2.72. The Kier molecular flexibility index (Phi) is 3.85. The van der Waals surface area contributed by atoms with Crippen molar-refractivity contribution in [2.24, 2.45) is 0 Å². The van der Waals surface area contributed by atoms with E-state index in [4.69, 9.17) is 0 Å². The lowest BCUT2D eigenvalue weighted by molar-refractivity contribution is -0.385. The van der Waals surface area contributed by atoms with Gasteiger partial charge < -0.3 is 10.2 Å². The molecule has 0 radical (unpaired) electrons. The van der Waals surface area contributed by atoms with Gasteiger partial charge in [-0.25, -0.2) is 4.98 Å². The van der Waals surface area contributed by atoms with Crippen LogP contribution in [0.25, 0.3) is 0 Å². The lowest BCUT2D eigenvalue weighted by atomic mass is 10.1. The van der Waals surface area contributed by atoms with E-state index in [1.807, 2.05) is 25.7 Å². The number of hydrogen-bond acceptors (Lipinski definition) is 5. The summed E-state index contributed by atoms with van der Waals surface area (Å²) in [4.78, 5) is 28.2. The third kappa shape index (κ3) is 3.29. The summed E-state index contributed by atoms with van der Waals surface area (Å²) in [5, 5.41) is 13.9. The number of aryl methyl sites for hydroxylation is 1. The van der Waals surface area contributed by atoms with Crippen molar-refractivity contribution < 1.29 is 9.72 Å². The highest BCUT2D eigenvalue weighted by Gasteiger charge is 2.36. The first kappa shape index (κ1) is 15.2. The molecule has 1 atom stereocenters. The standard InChI is InChI=1S/C14H20N4O3/c1-9-5-11(18(20)21)7-15-13(9)16-10-6-12(19)17(8-10)14(2,3)4/h5,7,10H,6,8H2,1-4H3,(H,15,16). The number of amides is 1. The number of aromatic nitrogens is 1. The number of carbonyl (C=O) groups excluding carboxylic acids is 1. The maximum absolute atomic E-state index is 12.0. The second kappa shape index (κ2) is 5.31. The number of nitrogens with zero attached hydrogens (tertiary/aromatic N) is 3. The first-order valence-corrected chi connectivity index (χ1v) is 6.86. The van der Waals surface area contributed by atoms with Crippen molar-refractivity contribution in [1.82, 2.24) is 9.88 Å². The molecule has 1 N–H and O–H groups in total. The molecule has 1 fully saturated rings. The van der Waals surface area contributed by atoms with E-state index in [1.54, 1.807) is 6.92 Å². The van der Waals surface area contributed by atoms with Gasteiger partial charge in [-0.2, -0.15) is 0 Å². The Balaban J connectivity index is 2.10. The Bertz CT molecular complexity index is 580. The largest absolute Gasteiger partial charge is 0.365 e. The van der Waals surface area contributed by atoms with Crippen molar-refractivity contribution in [2.75, 3.05) is 11.9 Å². The molecule has 2 rings (SSSR count). The molecular weight excluding hydrogens is 272 g/mol. The maximum atomic E-state index is 12.0. The zero-order valence-electron chi connectivity index (χ0n) is 12.7. The van der Waals surface area contributed by atoms with E-state index >= 15 is 0 Å². The molecule has 0 saturated carbocycles. The van der Waals surface area contributed by atoms with Crippen LogP contribution < -0.4 is 5.32 Å². The summed E-state index contributed by atoms with van der Waals surface area (Å²) in [6, 6.07) is 1.46. The van der Waals surface area contributed by atoms with Crippen molar-refractivity contribution in [3.05, 3.63) is 27.9 Å². The summed E-state index contributed by atoms with van der Waals surface area (Å²) in [6.45, 7) is 8.38. The number of pyridine rings is 1. The molecule has 0 aliphatic carbocycles. The summed E-state index contributed by atoms with van der Waals surface area (Å²) in [7, 11) is 0. The number of carbonyl (C=O) groups is 1. The topological polar surface area (TPSA) is 88.4 Å². The maximum Gasteiger partial charge on any atom is 0.287 e. The molecule has 0 spiro atoms.